The van der Waals surface area contributed by atoms with Crippen LogP contribution in [0.1, 0.15) is 13.8 Å². The number of hydrogen-bond acceptors (Lipinski definition) is 3. The van der Waals surface area contributed by atoms with Gasteiger partial charge in [-0.2, -0.15) is 0 Å². The van der Waals surface area contributed by atoms with E-state index in [1.54, 1.807) is 0 Å². The zero-order valence-corrected chi connectivity index (χ0v) is 6.50. The van der Waals surface area contributed by atoms with Crippen LogP contribution in [0.5, 0.6) is 0 Å². The Morgan fingerprint density at radius 1 is 1.64 bits per heavy atom. The molecule has 1 aliphatic carbocycles. The van der Waals surface area contributed by atoms with E-state index in [0.29, 0.717) is 0 Å². The molecule has 4 atom stereocenters. The normalized spacial score (nSPS) is 64.5. The Morgan fingerprint density at radius 2 is 2.36 bits per heavy atom. The maximum atomic E-state index is 9.80. The number of rotatable bonds is 0. The summed E-state index contributed by atoms with van der Waals surface area (Å²) in [5.41, 5.74) is 0.440. The predicted molar refractivity (Wildman–Crippen MR) is 36.9 cm³/mol. The lowest BCUT2D eigenvalue weighted by atomic mass is 9.88. The minimum Gasteiger partial charge on any atom is -0.362 e. The van der Waals surface area contributed by atoms with E-state index >= 15 is 0 Å². The van der Waals surface area contributed by atoms with Crippen LogP contribution in [0, 0.1) is 0 Å². The van der Waals surface area contributed by atoms with E-state index in [-0.39, 0.29) is 12.2 Å². The highest BCUT2D eigenvalue weighted by Crippen LogP contribution is 2.61. The summed E-state index contributed by atoms with van der Waals surface area (Å²) in [6, 6.07) is 0. The van der Waals surface area contributed by atoms with Crippen molar-refractivity contribution in [1.82, 2.24) is 0 Å². The van der Waals surface area contributed by atoms with Crippen molar-refractivity contribution in [3.8, 4) is 0 Å². The van der Waals surface area contributed by atoms with Crippen molar-refractivity contribution in [3.63, 3.8) is 0 Å². The van der Waals surface area contributed by atoms with Crippen LogP contribution >= 0.6 is 0 Å². The summed E-state index contributed by atoms with van der Waals surface area (Å²) in [5, 5.41) is 9.80. The second kappa shape index (κ2) is 1.28. The largest absolute Gasteiger partial charge is 0.362 e. The highest BCUT2D eigenvalue weighted by Gasteiger charge is 2.79. The third kappa shape index (κ3) is 0.466. The van der Waals surface area contributed by atoms with Crippen molar-refractivity contribution in [1.29, 1.82) is 0 Å². The summed E-state index contributed by atoms with van der Waals surface area (Å²) in [4.78, 5) is 0. The fourth-order valence-electron chi connectivity index (χ4n) is 2.06. The van der Waals surface area contributed by atoms with Crippen LogP contribution in [0.15, 0.2) is 11.6 Å². The van der Waals surface area contributed by atoms with Gasteiger partial charge >= 0.3 is 0 Å². The number of aliphatic hydroxyl groups is 1. The van der Waals surface area contributed by atoms with E-state index in [1.807, 2.05) is 19.9 Å². The van der Waals surface area contributed by atoms with E-state index in [9.17, 15) is 5.11 Å². The van der Waals surface area contributed by atoms with Gasteiger partial charge in [-0.05, 0) is 25.5 Å². The molecule has 0 spiro atoms. The van der Waals surface area contributed by atoms with E-state index in [4.69, 9.17) is 9.47 Å². The molecule has 2 heterocycles. The lowest BCUT2D eigenvalue weighted by Crippen LogP contribution is -2.33. The Hall–Kier alpha value is -0.380. The molecule has 0 saturated carbocycles. The molecule has 3 heteroatoms. The van der Waals surface area contributed by atoms with Gasteiger partial charge in [0.25, 0.3) is 0 Å². The second-order valence-electron chi connectivity index (χ2n) is 3.72. The monoisotopic (exact) mass is 154 g/mol. The minimum absolute atomic E-state index is 0.0937. The maximum Gasteiger partial charge on any atom is 0.221 e. The van der Waals surface area contributed by atoms with Gasteiger partial charge in [-0.3, -0.25) is 0 Å². The van der Waals surface area contributed by atoms with Crippen molar-refractivity contribution in [2.45, 2.75) is 37.4 Å². The fraction of sp³-hybridized carbons (Fsp3) is 0.750. The van der Waals surface area contributed by atoms with E-state index in [2.05, 4.69) is 0 Å². The first kappa shape index (κ1) is 6.17. The summed E-state index contributed by atoms with van der Waals surface area (Å²) >= 11 is 0. The quantitative estimate of drug-likeness (QED) is 0.400. The summed E-state index contributed by atoms with van der Waals surface area (Å²) in [6.45, 7) is 3.78. The van der Waals surface area contributed by atoms with E-state index in [0.717, 1.165) is 5.57 Å². The molecule has 3 nitrogen and oxygen atoms in total. The van der Waals surface area contributed by atoms with Crippen molar-refractivity contribution in [3.05, 3.63) is 11.6 Å². The van der Waals surface area contributed by atoms with Gasteiger partial charge in [0.2, 0.25) is 5.79 Å². The Morgan fingerprint density at radius 3 is 3.09 bits per heavy atom. The van der Waals surface area contributed by atoms with Gasteiger partial charge in [-0.1, -0.05) is 0 Å². The van der Waals surface area contributed by atoms with Crippen LogP contribution in [0.25, 0.3) is 0 Å². The Balaban J connectivity index is 2.12. The van der Waals surface area contributed by atoms with Crippen LogP contribution in [-0.4, -0.2) is 28.7 Å². The number of hydrogen-bond donors (Lipinski definition) is 1. The molecule has 0 amide bonds. The van der Waals surface area contributed by atoms with E-state index in [1.165, 1.54) is 0 Å². The maximum absolute atomic E-state index is 9.80. The molecule has 3 aliphatic rings. The SMILES string of the molecule is CC1=CC2OC2C2(C)OC12O. The molecule has 2 fully saturated rings. The average Bonchev–Trinajstić information content (AvgIpc) is 2.72. The van der Waals surface area contributed by atoms with Gasteiger partial charge < -0.3 is 14.6 Å². The van der Waals surface area contributed by atoms with Gasteiger partial charge in [0.05, 0.1) is 0 Å². The van der Waals surface area contributed by atoms with Crippen LogP contribution in [-0.2, 0) is 9.47 Å². The summed E-state index contributed by atoms with van der Waals surface area (Å²) in [7, 11) is 0. The molecule has 2 aliphatic heterocycles. The van der Waals surface area contributed by atoms with Gasteiger partial charge in [0.1, 0.15) is 12.2 Å². The molecule has 11 heavy (non-hydrogen) atoms. The molecule has 1 N–H and O–H groups in total. The Labute approximate surface area is 64.6 Å². The van der Waals surface area contributed by atoms with Gasteiger partial charge in [-0.15, -0.1) is 0 Å². The zero-order chi connectivity index (χ0) is 7.85. The molecule has 0 bridgehead atoms. The summed E-state index contributed by atoms with van der Waals surface area (Å²) in [6.07, 6.45) is 2.23. The molecule has 0 radical (unpaired) electrons. The molecular formula is C8H10O3. The van der Waals surface area contributed by atoms with E-state index < -0.39 is 11.4 Å². The number of epoxide rings is 2. The predicted octanol–water partition coefficient (Wildman–Crippen LogP) is 0.191. The molecule has 4 unspecified atom stereocenters. The van der Waals surface area contributed by atoms with Gasteiger partial charge in [0.15, 0.2) is 5.60 Å². The summed E-state index contributed by atoms with van der Waals surface area (Å²) < 4.78 is 10.6. The van der Waals surface area contributed by atoms with Crippen molar-refractivity contribution in [2.75, 3.05) is 0 Å². The molecular weight excluding hydrogens is 144 g/mol. The highest BCUT2D eigenvalue weighted by atomic mass is 16.8. The smallest absolute Gasteiger partial charge is 0.221 e. The third-order valence-corrected chi connectivity index (χ3v) is 3.01. The second-order valence-corrected chi connectivity index (χ2v) is 3.72. The summed E-state index contributed by atoms with van der Waals surface area (Å²) in [5.74, 6) is -1.01. The Bertz CT molecular complexity index is 273. The van der Waals surface area contributed by atoms with Crippen LogP contribution < -0.4 is 0 Å². The molecule has 3 rings (SSSR count). The third-order valence-electron chi connectivity index (χ3n) is 3.01. The van der Waals surface area contributed by atoms with Crippen LogP contribution in [0.4, 0.5) is 0 Å². The van der Waals surface area contributed by atoms with Crippen LogP contribution in [0.3, 0.4) is 0 Å². The topological polar surface area (TPSA) is 45.3 Å². The van der Waals surface area contributed by atoms with Crippen molar-refractivity contribution >= 4 is 0 Å². The fourth-order valence-corrected chi connectivity index (χ4v) is 2.06. The van der Waals surface area contributed by atoms with Crippen LogP contribution in [0.2, 0.25) is 0 Å². The first-order valence-corrected chi connectivity index (χ1v) is 3.85. The molecule has 2 saturated heterocycles. The molecule has 0 aromatic carbocycles. The van der Waals surface area contributed by atoms with Crippen molar-refractivity contribution in [2.24, 2.45) is 0 Å². The average molecular weight is 154 g/mol. The number of ether oxygens (including phenoxy) is 2. The zero-order valence-electron chi connectivity index (χ0n) is 6.50. The van der Waals surface area contributed by atoms with Crippen molar-refractivity contribution < 1.29 is 14.6 Å². The molecule has 0 aromatic heterocycles. The highest BCUT2D eigenvalue weighted by molar-refractivity contribution is 5.38. The standard InChI is InChI=1S/C8H10O3/c1-4-3-5-6(10-5)7(2)8(4,9)11-7/h3,5-6,9H,1-2H3. The first-order valence-electron chi connectivity index (χ1n) is 3.85. The number of fused-ring (bicyclic) bond motifs is 3. The minimum atomic E-state index is -1.01. The Kier molecular flexibility index (Phi) is 0.719. The lowest BCUT2D eigenvalue weighted by Gasteiger charge is -2.12. The lowest BCUT2D eigenvalue weighted by molar-refractivity contribution is 0.0706. The molecule has 60 valence electrons. The molecule has 0 aromatic rings. The van der Waals surface area contributed by atoms with Gasteiger partial charge in [0, 0.05) is 0 Å². The first-order chi connectivity index (χ1) is 5.08. The van der Waals surface area contributed by atoms with Gasteiger partial charge in [-0.25, -0.2) is 0 Å².